The van der Waals surface area contributed by atoms with Crippen molar-refractivity contribution in [2.24, 2.45) is 5.92 Å². The number of hydrogen-bond donors (Lipinski definition) is 4. The van der Waals surface area contributed by atoms with Crippen LogP contribution in [0.3, 0.4) is 0 Å². The Balaban J connectivity index is 3.73. The number of hydrogen-bond acceptors (Lipinski definition) is 3. The van der Waals surface area contributed by atoms with Crippen LogP contribution in [0.25, 0.3) is 0 Å². The fourth-order valence-electron chi connectivity index (χ4n) is 1.82. The van der Waals surface area contributed by atoms with Crippen LogP contribution in [-0.4, -0.2) is 40.8 Å². The van der Waals surface area contributed by atoms with Gasteiger partial charge in [-0.15, -0.1) is 0 Å². The van der Waals surface area contributed by atoms with Gasteiger partial charge in [-0.3, -0.25) is 4.79 Å². The summed E-state index contributed by atoms with van der Waals surface area (Å²) in [6.45, 7) is 4.82. The topological polar surface area (TPSA) is 116 Å². The third kappa shape index (κ3) is 11.7. The average Bonchev–Trinajstić information content (AvgIpc) is 2.35. The minimum atomic E-state index is -1.41. The number of amides is 2. The van der Waals surface area contributed by atoms with Crippen LogP contribution in [-0.2, 0) is 9.59 Å². The number of aliphatic carboxylic acids is 2. The zero-order valence-corrected chi connectivity index (χ0v) is 12.7. The zero-order valence-electron chi connectivity index (χ0n) is 12.7. The molecule has 0 aliphatic rings. The van der Waals surface area contributed by atoms with Gasteiger partial charge >= 0.3 is 18.0 Å². The predicted octanol–water partition coefficient (Wildman–Crippen LogP) is 1.82. The van der Waals surface area contributed by atoms with E-state index in [1.807, 2.05) is 0 Å². The van der Waals surface area contributed by atoms with E-state index in [-0.39, 0.29) is 0 Å². The summed E-state index contributed by atoms with van der Waals surface area (Å²) in [5, 5.41) is 22.0. The number of unbranched alkanes of at least 4 members (excludes halogenated alkanes) is 3. The van der Waals surface area contributed by atoms with Crippen molar-refractivity contribution in [3.63, 3.8) is 0 Å². The molecule has 0 heterocycles. The van der Waals surface area contributed by atoms with Gasteiger partial charge < -0.3 is 20.8 Å². The smallest absolute Gasteiger partial charge is 0.326 e. The Morgan fingerprint density at radius 3 is 2.14 bits per heavy atom. The number of carbonyl (C=O) groups is 3. The van der Waals surface area contributed by atoms with E-state index < -0.39 is 30.4 Å². The number of urea groups is 1. The lowest BCUT2D eigenvalue weighted by Gasteiger charge is -2.13. The Morgan fingerprint density at radius 1 is 1.00 bits per heavy atom. The lowest BCUT2D eigenvalue weighted by Crippen LogP contribution is -2.47. The third-order valence-electron chi connectivity index (χ3n) is 2.98. The second-order valence-corrected chi connectivity index (χ2v) is 5.49. The first-order chi connectivity index (χ1) is 9.82. The molecule has 1 unspecified atom stereocenters. The van der Waals surface area contributed by atoms with Gasteiger partial charge in [0, 0.05) is 6.54 Å². The van der Waals surface area contributed by atoms with Crippen molar-refractivity contribution < 1.29 is 24.6 Å². The summed E-state index contributed by atoms with van der Waals surface area (Å²) in [7, 11) is 0. The van der Waals surface area contributed by atoms with E-state index >= 15 is 0 Å². The van der Waals surface area contributed by atoms with Crippen LogP contribution in [0.2, 0.25) is 0 Å². The van der Waals surface area contributed by atoms with Gasteiger partial charge in [-0.25, -0.2) is 9.59 Å². The molecule has 7 nitrogen and oxygen atoms in total. The first-order valence-corrected chi connectivity index (χ1v) is 7.32. The lowest BCUT2D eigenvalue weighted by molar-refractivity contribution is -0.145. The predicted molar refractivity (Wildman–Crippen MR) is 78.1 cm³/mol. The van der Waals surface area contributed by atoms with Crippen molar-refractivity contribution in [3.8, 4) is 0 Å². The molecule has 0 aliphatic heterocycles. The number of carbonyl (C=O) groups excluding carboxylic acids is 1. The molecule has 0 bridgehead atoms. The van der Waals surface area contributed by atoms with Crippen LogP contribution in [0, 0.1) is 5.92 Å². The minimum absolute atomic E-state index is 0.451. The van der Waals surface area contributed by atoms with Gasteiger partial charge in [-0.05, 0) is 12.3 Å². The zero-order chi connectivity index (χ0) is 16.3. The molecule has 0 aromatic rings. The second-order valence-electron chi connectivity index (χ2n) is 5.49. The van der Waals surface area contributed by atoms with Gasteiger partial charge in [-0.1, -0.05) is 39.5 Å². The largest absolute Gasteiger partial charge is 0.481 e. The van der Waals surface area contributed by atoms with Crippen LogP contribution in [0.15, 0.2) is 0 Å². The Kier molecular flexibility index (Phi) is 10.0. The highest BCUT2D eigenvalue weighted by atomic mass is 16.4. The molecule has 0 rings (SSSR count). The van der Waals surface area contributed by atoms with Crippen LogP contribution in [0.1, 0.15) is 52.4 Å². The molecule has 0 spiro atoms. The van der Waals surface area contributed by atoms with E-state index in [4.69, 9.17) is 10.2 Å². The maximum atomic E-state index is 11.4. The summed E-state index contributed by atoms with van der Waals surface area (Å²) < 4.78 is 0. The summed E-state index contributed by atoms with van der Waals surface area (Å²) in [6.07, 6.45) is 4.66. The Morgan fingerprint density at radius 2 is 1.62 bits per heavy atom. The number of carboxylic acids is 2. The summed E-state index contributed by atoms with van der Waals surface area (Å²) in [4.78, 5) is 32.7. The molecule has 0 saturated heterocycles. The molecular formula is C14H26N2O5. The molecular weight excluding hydrogens is 276 g/mol. The second kappa shape index (κ2) is 10.9. The summed E-state index contributed by atoms with van der Waals surface area (Å²) in [5.74, 6) is -1.93. The van der Waals surface area contributed by atoms with Crippen molar-refractivity contribution in [2.45, 2.75) is 58.4 Å². The van der Waals surface area contributed by atoms with E-state index in [1.54, 1.807) is 0 Å². The van der Waals surface area contributed by atoms with E-state index in [2.05, 4.69) is 24.5 Å². The summed E-state index contributed by atoms with van der Waals surface area (Å²) in [6, 6.07) is -2.06. The molecule has 0 fully saturated rings. The van der Waals surface area contributed by atoms with Crippen molar-refractivity contribution in [2.75, 3.05) is 6.54 Å². The van der Waals surface area contributed by atoms with E-state index in [0.717, 1.165) is 19.3 Å². The van der Waals surface area contributed by atoms with Crippen LogP contribution in [0.4, 0.5) is 4.79 Å². The molecule has 0 aliphatic carbocycles. The van der Waals surface area contributed by atoms with Gasteiger partial charge in [0.25, 0.3) is 0 Å². The Bertz CT molecular complexity index is 344. The van der Waals surface area contributed by atoms with Gasteiger partial charge in [0.2, 0.25) is 0 Å². The maximum absolute atomic E-state index is 11.4. The maximum Gasteiger partial charge on any atom is 0.326 e. The molecule has 122 valence electrons. The van der Waals surface area contributed by atoms with E-state index in [9.17, 15) is 14.4 Å². The molecule has 0 radical (unpaired) electrons. The molecule has 7 heteroatoms. The Labute approximate surface area is 125 Å². The standard InChI is InChI=1S/C14H26N2O5/c1-10(2)7-5-3-4-6-8-15-14(21)16-11(13(19)20)9-12(17)18/h10-11H,3-9H2,1-2H3,(H,17,18)(H,19,20)(H2,15,16,21). The van der Waals surface area contributed by atoms with Gasteiger partial charge in [-0.2, -0.15) is 0 Å². The highest BCUT2D eigenvalue weighted by Gasteiger charge is 2.22. The van der Waals surface area contributed by atoms with Gasteiger partial charge in [0.1, 0.15) is 6.04 Å². The molecule has 2 amide bonds. The normalized spacial score (nSPS) is 12.0. The highest BCUT2D eigenvalue weighted by molar-refractivity contribution is 5.86. The van der Waals surface area contributed by atoms with Gasteiger partial charge in [0.15, 0.2) is 0 Å². The van der Waals surface area contributed by atoms with Crippen molar-refractivity contribution in [1.29, 1.82) is 0 Å². The lowest BCUT2D eigenvalue weighted by atomic mass is 10.0. The van der Waals surface area contributed by atoms with E-state index in [1.165, 1.54) is 12.8 Å². The Hall–Kier alpha value is -1.79. The molecule has 1 atom stereocenters. The van der Waals surface area contributed by atoms with Crippen LogP contribution >= 0.6 is 0 Å². The van der Waals surface area contributed by atoms with Crippen LogP contribution in [0.5, 0.6) is 0 Å². The monoisotopic (exact) mass is 302 g/mol. The third-order valence-corrected chi connectivity index (χ3v) is 2.98. The summed E-state index contributed by atoms with van der Waals surface area (Å²) >= 11 is 0. The minimum Gasteiger partial charge on any atom is -0.481 e. The van der Waals surface area contributed by atoms with Crippen molar-refractivity contribution in [3.05, 3.63) is 0 Å². The molecule has 0 saturated carbocycles. The SMILES string of the molecule is CC(C)CCCCCCNC(=O)NC(CC(=O)O)C(=O)O. The first-order valence-electron chi connectivity index (χ1n) is 7.32. The van der Waals surface area contributed by atoms with Crippen molar-refractivity contribution >= 4 is 18.0 Å². The molecule has 4 N–H and O–H groups in total. The molecule has 0 aromatic carbocycles. The molecule has 0 aromatic heterocycles. The van der Waals surface area contributed by atoms with Gasteiger partial charge in [0.05, 0.1) is 6.42 Å². The average molecular weight is 302 g/mol. The number of rotatable bonds is 11. The molecule has 21 heavy (non-hydrogen) atoms. The van der Waals surface area contributed by atoms with Crippen molar-refractivity contribution in [1.82, 2.24) is 10.6 Å². The fraction of sp³-hybridized carbons (Fsp3) is 0.786. The van der Waals surface area contributed by atoms with E-state index in [0.29, 0.717) is 12.5 Å². The first kappa shape index (κ1) is 19.2. The summed E-state index contributed by atoms with van der Waals surface area (Å²) in [5.41, 5.74) is 0. The number of carboxylic acid groups (broad SMARTS) is 2. The highest BCUT2D eigenvalue weighted by Crippen LogP contribution is 2.08. The fourth-order valence-corrected chi connectivity index (χ4v) is 1.82. The van der Waals surface area contributed by atoms with Crippen LogP contribution < -0.4 is 10.6 Å². The quantitative estimate of drug-likeness (QED) is 0.434. The number of nitrogens with one attached hydrogen (secondary N) is 2.